The highest BCUT2D eigenvalue weighted by Gasteiger charge is 2.27. The van der Waals surface area contributed by atoms with E-state index in [1.807, 2.05) is 6.07 Å². The summed E-state index contributed by atoms with van der Waals surface area (Å²) in [5.74, 6) is 1.07. The summed E-state index contributed by atoms with van der Waals surface area (Å²) in [6, 6.07) is 12.2. The van der Waals surface area contributed by atoms with E-state index in [-0.39, 0.29) is 12.5 Å². The van der Waals surface area contributed by atoms with Crippen LogP contribution in [0.1, 0.15) is 16.7 Å². The van der Waals surface area contributed by atoms with Crippen LogP contribution in [0.3, 0.4) is 0 Å². The van der Waals surface area contributed by atoms with Crippen molar-refractivity contribution >= 4 is 12.0 Å². The minimum atomic E-state index is -4.34. The zero-order valence-corrected chi connectivity index (χ0v) is 15.5. The van der Waals surface area contributed by atoms with Gasteiger partial charge in [-0.2, -0.15) is 13.2 Å². The van der Waals surface area contributed by atoms with Gasteiger partial charge in [0, 0.05) is 12.6 Å². The monoisotopic (exact) mass is 407 g/mol. The predicted molar refractivity (Wildman–Crippen MR) is 100 cm³/mol. The molecule has 1 amide bonds. The first-order chi connectivity index (χ1) is 13.9. The van der Waals surface area contributed by atoms with Crippen molar-refractivity contribution < 1.29 is 32.2 Å². The lowest BCUT2D eigenvalue weighted by Gasteiger charge is -2.18. The summed E-state index contributed by atoms with van der Waals surface area (Å²) in [7, 11) is 0. The van der Waals surface area contributed by atoms with Gasteiger partial charge in [0.1, 0.15) is 19.8 Å². The minimum Gasteiger partial charge on any atom is -0.486 e. The number of hydrogen-bond acceptors (Lipinski definition) is 4. The number of benzene rings is 2. The van der Waals surface area contributed by atoms with E-state index >= 15 is 0 Å². The van der Waals surface area contributed by atoms with Crippen LogP contribution in [-0.2, 0) is 22.7 Å². The summed E-state index contributed by atoms with van der Waals surface area (Å²) in [6.45, 7) is -0.0843. The molecule has 2 aromatic rings. The summed E-state index contributed by atoms with van der Waals surface area (Å²) in [6.07, 6.45) is -1.24. The molecule has 8 heteroatoms. The fourth-order valence-electron chi connectivity index (χ4n) is 2.62. The lowest BCUT2D eigenvalue weighted by molar-refractivity contribution is -0.176. The topological polar surface area (TPSA) is 56.8 Å². The number of rotatable bonds is 7. The van der Waals surface area contributed by atoms with Crippen LogP contribution in [-0.4, -0.2) is 31.9 Å². The number of hydrogen-bond donors (Lipinski definition) is 1. The van der Waals surface area contributed by atoms with Crippen molar-refractivity contribution in [2.45, 2.75) is 19.3 Å². The van der Waals surface area contributed by atoms with Crippen LogP contribution in [0.25, 0.3) is 6.08 Å². The second kappa shape index (κ2) is 9.47. The number of amides is 1. The maximum Gasteiger partial charge on any atom is 0.411 e. The molecule has 0 aliphatic carbocycles. The van der Waals surface area contributed by atoms with E-state index in [9.17, 15) is 18.0 Å². The predicted octanol–water partition coefficient (Wildman–Crippen LogP) is 3.87. The van der Waals surface area contributed by atoms with Gasteiger partial charge in [0.2, 0.25) is 5.91 Å². The average Bonchev–Trinajstić information content (AvgIpc) is 2.70. The van der Waals surface area contributed by atoms with E-state index in [4.69, 9.17) is 9.47 Å². The van der Waals surface area contributed by atoms with Crippen molar-refractivity contribution in [2.75, 3.05) is 19.8 Å². The third-order valence-electron chi connectivity index (χ3n) is 4.02. The quantitative estimate of drug-likeness (QED) is 0.708. The second-order valence-corrected chi connectivity index (χ2v) is 6.38. The molecule has 0 bridgehead atoms. The molecule has 5 nitrogen and oxygen atoms in total. The molecule has 0 radical (unpaired) electrons. The first kappa shape index (κ1) is 20.7. The summed E-state index contributed by atoms with van der Waals surface area (Å²) in [4.78, 5) is 12.0. The number of nitrogens with one attached hydrogen (secondary N) is 1. The van der Waals surface area contributed by atoms with Crippen molar-refractivity contribution in [3.63, 3.8) is 0 Å². The van der Waals surface area contributed by atoms with Gasteiger partial charge in [0.25, 0.3) is 0 Å². The summed E-state index contributed by atoms with van der Waals surface area (Å²) in [5.41, 5.74) is 2.26. The van der Waals surface area contributed by atoms with Crippen LogP contribution in [0.5, 0.6) is 11.5 Å². The van der Waals surface area contributed by atoms with Gasteiger partial charge in [0.05, 0.1) is 6.61 Å². The third kappa shape index (κ3) is 6.83. The molecular formula is C21H20F3NO4. The molecule has 0 aromatic heterocycles. The van der Waals surface area contributed by atoms with E-state index in [1.54, 1.807) is 42.5 Å². The first-order valence-corrected chi connectivity index (χ1v) is 8.97. The number of carbonyl (C=O) groups is 1. The molecule has 0 fully saturated rings. The zero-order valence-electron chi connectivity index (χ0n) is 15.5. The first-order valence-electron chi connectivity index (χ1n) is 8.97. The van der Waals surface area contributed by atoms with E-state index in [1.165, 1.54) is 6.08 Å². The number of carbonyl (C=O) groups excluding carboxylic acids is 1. The summed E-state index contributed by atoms with van der Waals surface area (Å²) < 4.78 is 51.7. The van der Waals surface area contributed by atoms with Crippen LogP contribution in [0, 0.1) is 0 Å². The minimum absolute atomic E-state index is 0.121. The van der Waals surface area contributed by atoms with E-state index < -0.39 is 12.8 Å². The molecule has 1 N–H and O–H groups in total. The molecule has 0 saturated heterocycles. The molecule has 1 aliphatic rings. The van der Waals surface area contributed by atoms with Gasteiger partial charge >= 0.3 is 6.18 Å². The maximum absolute atomic E-state index is 12.1. The standard InChI is InChI=1S/C21H20F3NO4/c22-21(23,24)14-27-13-17-3-1-16(2-4-17)12-25-20(26)8-6-15-5-7-18-19(11-15)29-10-9-28-18/h1-8,11H,9-10,12-14H2,(H,25,26)/b8-6+. The summed E-state index contributed by atoms with van der Waals surface area (Å²) >= 11 is 0. The van der Waals surface area contributed by atoms with E-state index in [2.05, 4.69) is 10.1 Å². The van der Waals surface area contributed by atoms with Crippen molar-refractivity contribution in [1.82, 2.24) is 5.32 Å². The lowest BCUT2D eigenvalue weighted by atomic mass is 10.1. The Hall–Kier alpha value is -3.00. The van der Waals surface area contributed by atoms with E-state index in [0.717, 1.165) is 11.1 Å². The molecule has 1 aliphatic heterocycles. The van der Waals surface area contributed by atoms with Gasteiger partial charge in [0.15, 0.2) is 11.5 Å². The number of fused-ring (bicyclic) bond motifs is 1. The van der Waals surface area contributed by atoms with Gasteiger partial charge in [-0.15, -0.1) is 0 Å². The SMILES string of the molecule is O=C(/C=C/c1ccc2c(c1)OCCO2)NCc1ccc(COCC(F)(F)F)cc1. The van der Waals surface area contributed by atoms with Crippen LogP contribution in [0.15, 0.2) is 48.5 Å². The Morgan fingerprint density at radius 3 is 2.45 bits per heavy atom. The Morgan fingerprint density at radius 2 is 1.72 bits per heavy atom. The van der Waals surface area contributed by atoms with Gasteiger partial charge in [-0.1, -0.05) is 30.3 Å². The molecule has 2 aromatic carbocycles. The molecule has 0 atom stereocenters. The molecule has 0 spiro atoms. The lowest BCUT2D eigenvalue weighted by Crippen LogP contribution is -2.20. The largest absolute Gasteiger partial charge is 0.486 e. The fourth-order valence-corrected chi connectivity index (χ4v) is 2.62. The summed E-state index contributed by atoms with van der Waals surface area (Å²) in [5, 5.41) is 2.75. The smallest absolute Gasteiger partial charge is 0.411 e. The normalized spacial score (nSPS) is 13.5. The van der Waals surface area contributed by atoms with Gasteiger partial charge < -0.3 is 19.5 Å². The van der Waals surface area contributed by atoms with Crippen molar-refractivity contribution in [3.05, 3.63) is 65.2 Å². The molecule has 154 valence electrons. The van der Waals surface area contributed by atoms with Gasteiger partial charge in [-0.25, -0.2) is 0 Å². The zero-order chi connectivity index (χ0) is 20.7. The number of halogens is 3. The molecule has 0 unspecified atom stereocenters. The Kier molecular flexibility index (Phi) is 6.77. The fraction of sp³-hybridized carbons (Fsp3) is 0.286. The highest BCUT2D eigenvalue weighted by Crippen LogP contribution is 2.31. The Labute approximate surface area is 166 Å². The van der Waals surface area contributed by atoms with Crippen LogP contribution < -0.4 is 14.8 Å². The van der Waals surface area contributed by atoms with E-state index in [0.29, 0.717) is 36.8 Å². The number of ether oxygens (including phenoxy) is 3. The molecule has 29 heavy (non-hydrogen) atoms. The molecule has 3 rings (SSSR count). The Bertz CT molecular complexity index is 863. The molecule has 1 heterocycles. The molecule has 0 saturated carbocycles. The number of alkyl halides is 3. The van der Waals surface area contributed by atoms with Crippen molar-refractivity contribution in [3.8, 4) is 11.5 Å². The Morgan fingerprint density at radius 1 is 1.03 bits per heavy atom. The molecular weight excluding hydrogens is 387 g/mol. The Balaban J connectivity index is 1.45. The van der Waals surface area contributed by atoms with Crippen LogP contribution in [0.4, 0.5) is 13.2 Å². The van der Waals surface area contributed by atoms with Gasteiger partial charge in [-0.3, -0.25) is 4.79 Å². The van der Waals surface area contributed by atoms with Crippen LogP contribution in [0.2, 0.25) is 0 Å². The second-order valence-electron chi connectivity index (χ2n) is 6.38. The van der Waals surface area contributed by atoms with Crippen LogP contribution >= 0.6 is 0 Å². The highest BCUT2D eigenvalue weighted by atomic mass is 19.4. The van der Waals surface area contributed by atoms with Crippen molar-refractivity contribution in [2.24, 2.45) is 0 Å². The van der Waals surface area contributed by atoms with Crippen molar-refractivity contribution in [1.29, 1.82) is 0 Å². The van der Waals surface area contributed by atoms with Gasteiger partial charge in [-0.05, 0) is 34.9 Å². The maximum atomic E-state index is 12.1. The highest BCUT2D eigenvalue weighted by molar-refractivity contribution is 5.91. The average molecular weight is 407 g/mol. The third-order valence-corrected chi connectivity index (χ3v) is 4.02.